The van der Waals surface area contributed by atoms with Gasteiger partial charge in [0.2, 0.25) is 41.4 Å². The zero-order valence-corrected chi connectivity index (χ0v) is 51.0. The monoisotopic (exact) mass is 1220 g/mol. The van der Waals surface area contributed by atoms with Crippen molar-refractivity contribution >= 4 is 76.2 Å². The zero-order valence-electron chi connectivity index (χ0n) is 51.0. The number of carbonyl (C=O) groups is 10. The van der Waals surface area contributed by atoms with Gasteiger partial charge in [-0.2, -0.15) is 0 Å². The Bertz CT molecular complexity index is 3340. The number of benzene rings is 4. The minimum absolute atomic E-state index is 0.0408. The molecule has 9 unspecified atom stereocenters. The Labute approximate surface area is 517 Å². The van der Waals surface area contributed by atoms with Crippen LogP contribution in [0.2, 0.25) is 0 Å². The minimum atomic E-state index is -1.86. The number of nitrogens with two attached hydrogens (primary N) is 1. The number of aliphatic carboxylic acids is 2. The van der Waals surface area contributed by atoms with Crippen LogP contribution in [0.25, 0.3) is 17.0 Å². The summed E-state index contributed by atoms with van der Waals surface area (Å²) in [6.45, 7) is 10.7. The average Bonchev–Trinajstić information content (AvgIpc) is 3.57. The van der Waals surface area contributed by atoms with Crippen molar-refractivity contribution in [2.24, 2.45) is 23.5 Å². The Hall–Kier alpha value is -9.22. The molecule has 1 aliphatic heterocycles. The van der Waals surface area contributed by atoms with E-state index >= 15 is 4.79 Å². The summed E-state index contributed by atoms with van der Waals surface area (Å²) in [6.07, 6.45) is -0.0163. The summed E-state index contributed by atoms with van der Waals surface area (Å²) in [5.41, 5.74) is 11.5. The number of fused-ring (bicyclic) bond motifs is 2. The predicted molar refractivity (Wildman–Crippen MR) is 334 cm³/mol. The Kier molecular flexibility index (Phi) is 23.9. The van der Waals surface area contributed by atoms with Crippen molar-refractivity contribution in [3.63, 3.8) is 0 Å². The van der Waals surface area contributed by atoms with Crippen molar-refractivity contribution in [3.8, 4) is 0 Å². The molecule has 2 aliphatic rings. The third-order valence-electron chi connectivity index (χ3n) is 15.6. The molecule has 1 aromatic heterocycles. The van der Waals surface area contributed by atoms with Gasteiger partial charge in [-0.1, -0.05) is 156 Å². The third kappa shape index (κ3) is 19.4. The van der Waals surface area contributed by atoms with E-state index in [-0.39, 0.29) is 63.5 Å². The molecule has 9 atom stereocenters. The van der Waals surface area contributed by atoms with Gasteiger partial charge in [0.05, 0.1) is 12.5 Å². The predicted octanol–water partition coefficient (Wildman–Crippen LogP) is 3.01. The van der Waals surface area contributed by atoms with Gasteiger partial charge in [0.15, 0.2) is 6.17 Å². The quantitative estimate of drug-likeness (QED) is 0.0304. The van der Waals surface area contributed by atoms with E-state index in [4.69, 9.17) is 5.73 Å². The number of rotatable bonds is 31. The summed E-state index contributed by atoms with van der Waals surface area (Å²) in [5.74, 6) is -10.00. The fourth-order valence-corrected chi connectivity index (χ4v) is 11.0. The van der Waals surface area contributed by atoms with Crippen LogP contribution in [0.1, 0.15) is 95.2 Å². The second-order valence-electron chi connectivity index (χ2n) is 24.1. The molecule has 0 bridgehead atoms. The summed E-state index contributed by atoms with van der Waals surface area (Å²) < 4.78 is 0. The summed E-state index contributed by atoms with van der Waals surface area (Å²) >= 11 is 0. The number of nitrogens with one attached hydrogen (secondary N) is 9. The number of carbonyl (C=O) groups excluding carboxylic acids is 8. The molecule has 23 nitrogen and oxygen atoms in total. The second kappa shape index (κ2) is 31.6. The molecule has 0 spiro atoms. The molecule has 1 saturated heterocycles. The fraction of sp³-hybridized carbons (Fsp3) is 0.424. The number of carboxylic acids is 2. The van der Waals surface area contributed by atoms with E-state index in [1.807, 2.05) is 113 Å². The Morgan fingerprint density at radius 2 is 1.08 bits per heavy atom. The van der Waals surface area contributed by atoms with Crippen LogP contribution in [0.5, 0.6) is 0 Å². The average molecular weight is 1220 g/mol. The Morgan fingerprint density at radius 1 is 0.562 bits per heavy atom. The first-order valence-electron chi connectivity index (χ1n) is 30.2. The lowest BCUT2D eigenvalue weighted by Crippen LogP contribution is -2.61. The molecule has 13 N–H and O–H groups in total. The van der Waals surface area contributed by atoms with Crippen LogP contribution in [0.4, 0.5) is 0 Å². The van der Waals surface area contributed by atoms with Crippen molar-refractivity contribution in [2.45, 2.75) is 147 Å². The van der Waals surface area contributed by atoms with E-state index in [0.29, 0.717) is 28.8 Å². The van der Waals surface area contributed by atoms with Gasteiger partial charge in [-0.3, -0.25) is 48.5 Å². The third-order valence-corrected chi connectivity index (χ3v) is 15.6. The molecule has 23 heteroatoms. The maximum atomic E-state index is 15.1. The number of hydrogen-bond acceptors (Lipinski definition) is 12. The van der Waals surface area contributed by atoms with Gasteiger partial charge < -0.3 is 63.0 Å². The molecule has 4 aromatic carbocycles. The highest BCUT2D eigenvalue weighted by Gasteiger charge is 2.42. The number of amides is 8. The summed E-state index contributed by atoms with van der Waals surface area (Å²) in [7, 11) is 0. The number of aromatic amines is 1. The maximum Gasteiger partial charge on any atom is 0.326 e. The Balaban J connectivity index is 1.14. The van der Waals surface area contributed by atoms with Gasteiger partial charge in [-0.25, -0.2) is 4.79 Å². The molecule has 0 saturated carbocycles. The van der Waals surface area contributed by atoms with Crippen LogP contribution in [-0.4, -0.2) is 147 Å². The van der Waals surface area contributed by atoms with Gasteiger partial charge in [-0.15, -0.1) is 0 Å². The van der Waals surface area contributed by atoms with Crippen LogP contribution in [-0.2, 0) is 73.6 Å². The van der Waals surface area contributed by atoms with Crippen molar-refractivity contribution in [1.29, 1.82) is 0 Å². The van der Waals surface area contributed by atoms with Gasteiger partial charge in [0, 0.05) is 37.1 Å². The molecule has 0 radical (unpaired) electrons. The highest BCUT2D eigenvalue weighted by Crippen LogP contribution is 2.28. The van der Waals surface area contributed by atoms with Gasteiger partial charge in [0.1, 0.15) is 42.3 Å². The minimum Gasteiger partial charge on any atom is -0.481 e. The molecular formula is C66H83N11O12. The van der Waals surface area contributed by atoms with Crippen LogP contribution < -0.4 is 48.3 Å². The molecular weight excluding hydrogens is 1140 g/mol. The normalized spacial score (nSPS) is 16.4. The molecule has 474 valence electrons. The van der Waals surface area contributed by atoms with Crippen LogP contribution in [0.3, 0.4) is 0 Å². The topological polar surface area (TPSA) is 352 Å². The number of para-hydroxylation sites is 1. The molecule has 8 amide bonds. The highest BCUT2D eigenvalue weighted by atomic mass is 16.4. The zero-order chi connectivity index (χ0) is 64.5. The molecule has 5 aromatic rings. The summed E-state index contributed by atoms with van der Waals surface area (Å²) in [5, 5.41) is 42.9. The van der Waals surface area contributed by atoms with Gasteiger partial charge in [-0.05, 0) is 89.6 Å². The van der Waals surface area contributed by atoms with Gasteiger partial charge >= 0.3 is 11.9 Å². The van der Waals surface area contributed by atoms with Crippen molar-refractivity contribution in [1.82, 2.24) is 52.4 Å². The van der Waals surface area contributed by atoms with Crippen molar-refractivity contribution in [3.05, 3.63) is 149 Å². The number of hydrogen-bond donors (Lipinski definition) is 12. The first-order chi connectivity index (χ1) is 42.4. The van der Waals surface area contributed by atoms with Crippen LogP contribution in [0.15, 0.2) is 121 Å². The number of carboxylic acid groups (broad SMARTS) is 2. The lowest BCUT2D eigenvalue weighted by molar-refractivity contribution is -0.145. The number of nitrogens with zero attached hydrogens (tertiary/aromatic N) is 1. The van der Waals surface area contributed by atoms with Gasteiger partial charge in [0.25, 0.3) is 5.91 Å². The highest BCUT2D eigenvalue weighted by molar-refractivity contribution is 5.99. The summed E-state index contributed by atoms with van der Waals surface area (Å²) in [6, 6.07) is 23.7. The van der Waals surface area contributed by atoms with E-state index in [1.165, 1.54) is 4.90 Å². The first kappa shape index (κ1) is 67.3. The van der Waals surface area contributed by atoms with Crippen molar-refractivity contribution in [2.75, 3.05) is 13.1 Å². The molecule has 1 aliphatic carbocycles. The van der Waals surface area contributed by atoms with E-state index in [1.54, 1.807) is 50.2 Å². The largest absolute Gasteiger partial charge is 0.481 e. The smallest absolute Gasteiger partial charge is 0.326 e. The standard InChI is InChI=1S/C66H83N11O12/c1-37(2)27-49(70-58(80)47(67)31-40-17-9-7-10-18-40)59(81)71-50(28-38(3)4)60(82)72-52(35-46-34-45-23-15-16-24-48(45)69-46)61(83)73-53(36-55(78)79)62(84)75-54(33-42-29-43-21-13-14-22-44(43)30-42)65(87)77-26-25-68-57(77)64(86)74-51(32-41-19-11-8-12-20-41)63(85)76-56(39(5)6)66(88)89/h7-24,29,34,37-39,47,49-54,56-57,68-69H,25-28,30-33,35-36,67H2,1-6H3,(H,70,80)(H,71,81)(H,72,82)(H,73,83)(H,74,86)(H,75,84)(H,76,85)(H,78,79)(H,88,89). The van der Waals surface area contributed by atoms with E-state index in [2.05, 4.69) is 47.5 Å². The lowest BCUT2D eigenvalue weighted by atomic mass is 9.99. The maximum absolute atomic E-state index is 15.1. The first-order valence-corrected chi connectivity index (χ1v) is 30.2. The second-order valence-corrected chi connectivity index (χ2v) is 24.1. The van der Waals surface area contributed by atoms with E-state index in [9.17, 15) is 53.4 Å². The lowest BCUT2D eigenvalue weighted by Gasteiger charge is -2.31. The van der Waals surface area contributed by atoms with E-state index in [0.717, 1.165) is 22.1 Å². The molecule has 89 heavy (non-hydrogen) atoms. The number of aromatic nitrogens is 1. The Morgan fingerprint density at radius 3 is 1.67 bits per heavy atom. The van der Waals surface area contributed by atoms with Crippen molar-refractivity contribution < 1.29 is 58.2 Å². The van der Waals surface area contributed by atoms with E-state index < -0.39 is 126 Å². The fourth-order valence-electron chi connectivity index (χ4n) is 11.0. The molecule has 1 fully saturated rings. The summed E-state index contributed by atoms with van der Waals surface area (Å²) in [4.78, 5) is 145. The van der Waals surface area contributed by atoms with Crippen LogP contribution >= 0.6 is 0 Å². The number of H-pyrrole nitrogens is 1. The molecule has 2 heterocycles. The van der Waals surface area contributed by atoms with Crippen LogP contribution in [0, 0.1) is 17.8 Å². The SMILES string of the molecule is CC(C)CC(NC(=O)C(N)Cc1ccccc1)C(=O)NC(CC(C)C)C(=O)NC(Cc1cc2ccccc2[nH]1)C(=O)NC(CC(=O)O)C(=O)NC(CC1=Cc2ccccc2C1)C(=O)N1CCNC1C(=O)NC(Cc1ccccc1)C(=O)NC(C(=O)O)C(C)C. The molecule has 7 rings (SSSR count).